The average molecular weight is 202 g/mol. The van der Waals surface area contributed by atoms with Crippen LogP contribution in [0, 0.1) is 5.82 Å². The van der Waals surface area contributed by atoms with Gasteiger partial charge < -0.3 is 5.73 Å². The van der Waals surface area contributed by atoms with Gasteiger partial charge in [0.2, 0.25) is 0 Å². The first-order valence-corrected chi connectivity index (χ1v) is 4.59. The van der Waals surface area contributed by atoms with Crippen molar-refractivity contribution in [3.8, 4) is 0 Å². The van der Waals surface area contributed by atoms with Gasteiger partial charge in [0.1, 0.15) is 5.82 Å². The van der Waals surface area contributed by atoms with Gasteiger partial charge in [-0.05, 0) is 37.1 Å². The van der Waals surface area contributed by atoms with Crippen molar-refractivity contribution in [2.24, 2.45) is 5.73 Å². The van der Waals surface area contributed by atoms with E-state index in [9.17, 15) is 4.39 Å². The van der Waals surface area contributed by atoms with Crippen molar-refractivity contribution in [2.75, 3.05) is 0 Å². The lowest BCUT2D eigenvalue weighted by atomic mass is 9.90. The first-order valence-electron chi connectivity index (χ1n) is 4.22. The Morgan fingerprint density at radius 1 is 1.54 bits per heavy atom. The predicted octanol–water partition coefficient (Wildman–Crippen LogP) is 3.06. The molecule has 0 aliphatic carbocycles. The van der Waals surface area contributed by atoms with E-state index in [1.807, 2.05) is 13.8 Å². The van der Waals surface area contributed by atoms with Crippen LogP contribution in [0.3, 0.4) is 0 Å². The van der Waals surface area contributed by atoms with Crippen molar-refractivity contribution < 1.29 is 4.39 Å². The van der Waals surface area contributed by atoms with Crippen molar-refractivity contribution in [1.29, 1.82) is 0 Å². The van der Waals surface area contributed by atoms with Crippen LogP contribution in [-0.2, 0) is 5.54 Å². The number of halogens is 2. The van der Waals surface area contributed by atoms with E-state index < -0.39 is 5.54 Å². The third kappa shape index (κ3) is 2.20. The number of nitrogens with two attached hydrogens (primary N) is 1. The van der Waals surface area contributed by atoms with Gasteiger partial charge in [-0.15, -0.1) is 0 Å². The summed E-state index contributed by atoms with van der Waals surface area (Å²) in [4.78, 5) is 0. The molecule has 0 fully saturated rings. The molecule has 0 amide bonds. The van der Waals surface area contributed by atoms with E-state index in [0.29, 0.717) is 10.6 Å². The highest BCUT2D eigenvalue weighted by Crippen LogP contribution is 2.28. The monoisotopic (exact) mass is 201 g/mol. The second-order valence-corrected chi connectivity index (χ2v) is 3.80. The molecule has 0 aliphatic rings. The molecule has 3 heteroatoms. The summed E-state index contributed by atoms with van der Waals surface area (Å²) in [6.07, 6.45) is 0.718. The van der Waals surface area contributed by atoms with E-state index in [0.717, 1.165) is 6.42 Å². The SMILES string of the molecule is CCC(C)(N)c1cc(F)ccc1Cl. The summed E-state index contributed by atoms with van der Waals surface area (Å²) in [5, 5.41) is 0.522. The number of benzene rings is 1. The Morgan fingerprint density at radius 2 is 2.15 bits per heavy atom. The fourth-order valence-corrected chi connectivity index (χ4v) is 1.46. The smallest absolute Gasteiger partial charge is 0.123 e. The minimum absolute atomic E-state index is 0.301. The van der Waals surface area contributed by atoms with Gasteiger partial charge in [-0.3, -0.25) is 0 Å². The molecule has 0 saturated carbocycles. The van der Waals surface area contributed by atoms with Gasteiger partial charge in [-0.2, -0.15) is 0 Å². The molecule has 0 aromatic heterocycles. The summed E-state index contributed by atoms with van der Waals surface area (Å²) in [6.45, 7) is 3.79. The van der Waals surface area contributed by atoms with Crippen LogP contribution in [0.25, 0.3) is 0 Å². The number of hydrogen-bond donors (Lipinski definition) is 1. The molecule has 72 valence electrons. The van der Waals surface area contributed by atoms with E-state index in [1.165, 1.54) is 18.2 Å². The lowest BCUT2D eigenvalue weighted by Crippen LogP contribution is -2.32. The first kappa shape index (κ1) is 10.5. The van der Waals surface area contributed by atoms with Crippen molar-refractivity contribution >= 4 is 11.6 Å². The van der Waals surface area contributed by atoms with Crippen LogP contribution < -0.4 is 5.73 Å². The van der Waals surface area contributed by atoms with Gasteiger partial charge in [0.05, 0.1) is 0 Å². The molecule has 0 spiro atoms. The molecule has 13 heavy (non-hydrogen) atoms. The lowest BCUT2D eigenvalue weighted by Gasteiger charge is -2.24. The van der Waals surface area contributed by atoms with E-state index >= 15 is 0 Å². The van der Waals surface area contributed by atoms with Crippen LogP contribution in [0.4, 0.5) is 4.39 Å². The zero-order valence-electron chi connectivity index (χ0n) is 7.77. The lowest BCUT2D eigenvalue weighted by molar-refractivity contribution is 0.472. The minimum atomic E-state index is -0.556. The van der Waals surface area contributed by atoms with E-state index in [2.05, 4.69) is 0 Å². The third-order valence-corrected chi connectivity index (χ3v) is 2.61. The van der Waals surface area contributed by atoms with Gasteiger partial charge in [0, 0.05) is 10.6 Å². The third-order valence-electron chi connectivity index (χ3n) is 2.28. The molecule has 0 saturated heterocycles. The maximum Gasteiger partial charge on any atom is 0.123 e. The Labute approximate surface area is 82.7 Å². The van der Waals surface area contributed by atoms with Crippen molar-refractivity contribution in [2.45, 2.75) is 25.8 Å². The van der Waals surface area contributed by atoms with Crippen molar-refractivity contribution in [3.05, 3.63) is 34.6 Å². The highest BCUT2D eigenvalue weighted by Gasteiger charge is 2.21. The van der Waals surface area contributed by atoms with Crippen LogP contribution in [0.1, 0.15) is 25.8 Å². The number of hydrogen-bond acceptors (Lipinski definition) is 1. The maximum absolute atomic E-state index is 12.9. The summed E-state index contributed by atoms with van der Waals surface area (Å²) in [7, 11) is 0. The Morgan fingerprint density at radius 3 is 2.69 bits per heavy atom. The topological polar surface area (TPSA) is 26.0 Å². The van der Waals surface area contributed by atoms with Crippen LogP contribution in [-0.4, -0.2) is 0 Å². The zero-order valence-corrected chi connectivity index (χ0v) is 8.53. The minimum Gasteiger partial charge on any atom is -0.322 e. The van der Waals surface area contributed by atoms with E-state index in [4.69, 9.17) is 17.3 Å². The average Bonchev–Trinajstić information content (AvgIpc) is 2.09. The molecule has 1 nitrogen and oxygen atoms in total. The fourth-order valence-electron chi connectivity index (χ4n) is 1.13. The van der Waals surface area contributed by atoms with Gasteiger partial charge in [-0.1, -0.05) is 18.5 Å². The molecule has 0 radical (unpaired) electrons. The van der Waals surface area contributed by atoms with Crippen LogP contribution in [0.15, 0.2) is 18.2 Å². The van der Waals surface area contributed by atoms with Crippen molar-refractivity contribution in [3.63, 3.8) is 0 Å². The second-order valence-electron chi connectivity index (χ2n) is 3.40. The molecular weight excluding hydrogens is 189 g/mol. The quantitative estimate of drug-likeness (QED) is 0.782. The maximum atomic E-state index is 12.9. The largest absolute Gasteiger partial charge is 0.322 e. The first-order chi connectivity index (χ1) is 5.97. The van der Waals surface area contributed by atoms with Gasteiger partial charge in [0.25, 0.3) is 0 Å². The molecule has 0 aliphatic heterocycles. The summed E-state index contributed by atoms with van der Waals surface area (Å²) >= 11 is 5.91. The molecule has 2 N–H and O–H groups in total. The molecule has 1 rings (SSSR count). The highest BCUT2D eigenvalue weighted by atomic mass is 35.5. The van der Waals surface area contributed by atoms with E-state index in [-0.39, 0.29) is 5.82 Å². The summed E-state index contributed by atoms with van der Waals surface area (Å²) in [5.41, 5.74) is 6.06. The molecule has 1 aromatic rings. The highest BCUT2D eigenvalue weighted by molar-refractivity contribution is 6.31. The Kier molecular flexibility index (Phi) is 2.94. The van der Waals surface area contributed by atoms with Gasteiger partial charge in [0.15, 0.2) is 0 Å². The molecule has 1 atom stereocenters. The standard InChI is InChI=1S/C10H13ClFN/c1-3-10(2,13)8-6-7(12)4-5-9(8)11/h4-6H,3,13H2,1-2H3. The summed E-state index contributed by atoms with van der Waals surface area (Å²) < 4.78 is 12.9. The Hall–Kier alpha value is -0.600. The molecular formula is C10H13ClFN. The molecule has 0 bridgehead atoms. The molecule has 0 heterocycles. The van der Waals surface area contributed by atoms with Gasteiger partial charge in [-0.25, -0.2) is 4.39 Å². The summed E-state index contributed by atoms with van der Waals surface area (Å²) in [5.74, 6) is -0.301. The molecule has 1 aromatic carbocycles. The fraction of sp³-hybridized carbons (Fsp3) is 0.400. The van der Waals surface area contributed by atoms with Crippen LogP contribution >= 0.6 is 11.6 Å². The van der Waals surface area contributed by atoms with Crippen LogP contribution in [0.5, 0.6) is 0 Å². The second kappa shape index (κ2) is 3.64. The van der Waals surface area contributed by atoms with Gasteiger partial charge >= 0.3 is 0 Å². The normalized spacial score (nSPS) is 15.5. The predicted molar refractivity (Wildman–Crippen MR) is 53.2 cm³/mol. The van der Waals surface area contributed by atoms with Crippen LogP contribution in [0.2, 0.25) is 5.02 Å². The summed E-state index contributed by atoms with van der Waals surface area (Å²) in [6, 6.07) is 4.26. The molecule has 1 unspecified atom stereocenters. The zero-order chi connectivity index (χ0) is 10.1. The number of rotatable bonds is 2. The Bertz CT molecular complexity index is 310. The Balaban J connectivity index is 3.20. The van der Waals surface area contributed by atoms with E-state index in [1.54, 1.807) is 0 Å². The van der Waals surface area contributed by atoms with Crippen molar-refractivity contribution in [1.82, 2.24) is 0 Å².